The Bertz CT molecular complexity index is 942. The monoisotopic (exact) mass is 340 g/mol. The normalized spacial score (nSPS) is 17.6. The van der Waals surface area contributed by atoms with Crippen molar-refractivity contribution in [2.75, 3.05) is 13.1 Å². The highest BCUT2D eigenvalue weighted by molar-refractivity contribution is 6.00. The van der Waals surface area contributed by atoms with Gasteiger partial charge in [-0.05, 0) is 42.9 Å². The highest BCUT2D eigenvalue weighted by Gasteiger charge is 2.29. The van der Waals surface area contributed by atoms with Crippen LogP contribution in [0, 0.1) is 18.7 Å². The first kappa shape index (κ1) is 15.9. The molecule has 0 bridgehead atoms. The van der Waals surface area contributed by atoms with Crippen molar-refractivity contribution in [2.45, 2.75) is 19.8 Å². The lowest BCUT2D eigenvalue weighted by Gasteiger charge is -2.16. The molecule has 25 heavy (non-hydrogen) atoms. The molecule has 0 radical (unpaired) electrons. The number of hydrogen-bond donors (Lipinski definition) is 0. The number of aryl methyl sites for hydroxylation is 2. The fourth-order valence-corrected chi connectivity index (χ4v) is 3.72. The number of imidazole rings is 1. The third kappa shape index (κ3) is 2.81. The predicted octanol–water partition coefficient (Wildman–Crippen LogP) is 2.83. The van der Waals surface area contributed by atoms with E-state index in [4.69, 9.17) is 0 Å². The molecule has 6 heteroatoms. The average molecular weight is 340 g/mol. The van der Waals surface area contributed by atoms with Crippen LogP contribution in [0.5, 0.6) is 0 Å². The highest BCUT2D eigenvalue weighted by atomic mass is 19.1. The molecule has 1 aliphatic heterocycles. The van der Waals surface area contributed by atoms with Gasteiger partial charge in [-0.25, -0.2) is 8.91 Å². The second-order valence-corrected chi connectivity index (χ2v) is 6.93. The molecule has 3 aromatic rings. The minimum Gasteiger partial charge on any atom is -0.338 e. The molecular formula is C19H21FN4O. The Morgan fingerprint density at radius 3 is 3.00 bits per heavy atom. The second kappa shape index (κ2) is 6.02. The third-order valence-electron chi connectivity index (χ3n) is 5.08. The van der Waals surface area contributed by atoms with Crippen molar-refractivity contribution in [1.29, 1.82) is 0 Å². The summed E-state index contributed by atoms with van der Waals surface area (Å²) in [5.41, 5.74) is 3.27. The summed E-state index contributed by atoms with van der Waals surface area (Å²) in [5, 5.41) is 4.25. The topological polar surface area (TPSA) is 42.5 Å². The van der Waals surface area contributed by atoms with Crippen molar-refractivity contribution in [3.63, 3.8) is 0 Å². The first-order chi connectivity index (χ1) is 12.0. The smallest absolute Gasteiger partial charge is 0.259 e. The molecule has 1 amide bonds. The van der Waals surface area contributed by atoms with E-state index in [1.807, 2.05) is 41.0 Å². The number of carbonyl (C=O) groups is 1. The first-order valence-electron chi connectivity index (χ1n) is 8.56. The van der Waals surface area contributed by atoms with Crippen LogP contribution in [0.4, 0.5) is 4.39 Å². The number of likely N-dealkylation sites (tertiary alicyclic amines) is 1. The summed E-state index contributed by atoms with van der Waals surface area (Å²) in [6.45, 7) is 3.27. The number of halogens is 1. The molecule has 0 N–H and O–H groups in total. The van der Waals surface area contributed by atoms with Crippen molar-refractivity contribution < 1.29 is 9.18 Å². The van der Waals surface area contributed by atoms with Crippen LogP contribution in [0.2, 0.25) is 0 Å². The Hall–Kier alpha value is -2.63. The molecular weight excluding hydrogens is 319 g/mol. The number of hydrogen-bond acceptors (Lipinski definition) is 2. The standard InChI is InChI=1S/C19H21FN4O/c1-13-9-14(3-4-17(13)20)10-15-5-6-23(12-15)19(25)16-11-21-24-8-7-22(2)18(16)24/h3-4,7-9,11,15H,5-6,10,12H2,1-2H3. The van der Waals surface area contributed by atoms with Crippen LogP contribution in [-0.2, 0) is 13.5 Å². The summed E-state index contributed by atoms with van der Waals surface area (Å²) in [7, 11) is 1.91. The second-order valence-electron chi connectivity index (χ2n) is 6.93. The van der Waals surface area contributed by atoms with Crippen molar-refractivity contribution in [2.24, 2.45) is 13.0 Å². The lowest BCUT2D eigenvalue weighted by atomic mass is 9.97. The van der Waals surface area contributed by atoms with Crippen molar-refractivity contribution >= 4 is 11.6 Å². The van der Waals surface area contributed by atoms with Gasteiger partial charge in [-0.15, -0.1) is 0 Å². The maximum absolute atomic E-state index is 13.4. The Morgan fingerprint density at radius 1 is 1.36 bits per heavy atom. The molecule has 0 spiro atoms. The van der Waals surface area contributed by atoms with Crippen molar-refractivity contribution in [1.82, 2.24) is 19.1 Å². The zero-order chi connectivity index (χ0) is 17.6. The number of carbonyl (C=O) groups excluding carboxylic acids is 1. The van der Waals surface area contributed by atoms with Gasteiger partial charge in [0.05, 0.1) is 6.20 Å². The van der Waals surface area contributed by atoms with E-state index >= 15 is 0 Å². The minimum atomic E-state index is -0.167. The number of rotatable bonds is 3. The van der Waals surface area contributed by atoms with Crippen molar-refractivity contribution in [3.8, 4) is 0 Å². The Kier molecular flexibility index (Phi) is 3.82. The number of aromatic nitrogens is 3. The van der Waals surface area contributed by atoms with Crippen LogP contribution in [0.3, 0.4) is 0 Å². The van der Waals surface area contributed by atoms with E-state index in [1.165, 1.54) is 6.07 Å². The molecule has 3 heterocycles. The zero-order valence-corrected chi connectivity index (χ0v) is 14.4. The van der Waals surface area contributed by atoms with Gasteiger partial charge in [0, 0.05) is 32.5 Å². The molecule has 130 valence electrons. The predicted molar refractivity (Wildman–Crippen MR) is 93.0 cm³/mol. The van der Waals surface area contributed by atoms with E-state index in [0.29, 0.717) is 17.0 Å². The van der Waals surface area contributed by atoms with E-state index in [2.05, 4.69) is 5.10 Å². The largest absolute Gasteiger partial charge is 0.338 e. The molecule has 2 aromatic heterocycles. The molecule has 1 saturated heterocycles. The molecule has 0 aliphatic carbocycles. The molecule has 1 fully saturated rings. The van der Waals surface area contributed by atoms with Crippen LogP contribution in [0.25, 0.3) is 5.65 Å². The van der Waals surface area contributed by atoms with Crippen LogP contribution < -0.4 is 0 Å². The van der Waals surface area contributed by atoms with E-state index in [9.17, 15) is 9.18 Å². The van der Waals surface area contributed by atoms with Gasteiger partial charge in [0.1, 0.15) is 17.0 Å². The molecule has 1 aliphatic rings. The Morgan fingerprint density at radius 2 is 2.20 bits per heavy atom. The van der Waals surface area contributed by atoms with E-state index in [-0.39, 0.29) is 11.7 Å². The van der Waals surface area contributed by atoms with Gasteiger partial charge in [0.15, 0.2) is 0 Å². The number of amides is 1. The van der Waals surface area contributed by atoms with E-state index in [0.717, 1.165) is 37.1 Å². The summed E-state index contributed by atoms with van der Waals surface area (Å²) in [6.07, 6.45) is 7.23. The maximum Gasteiger partial charge on any atom is 0.259 e. The number of fused-ring (bicyclic) bond motifs is 1. The molecule has 1 unspecified atom stereocenters. The van der Waals surface area contributed by atoms with Gasteiger partial charge >= 0.3 is 0 Å². The summed E-state index contributed by atoms with van der Waals surface area (Å²) < 4.78 is 17.0. The van der Waals surface area contributed by atoms with Gasteiger partial charge in [-0.1, -0.05) is 12.1 Å². The summed E-state index contributed by atoms with van der Waals surface area (Å²) in [6, 6.07) is 5.28. The summed E-state index contributed by atoms with van der Waals surface area (Å²) in [4.78, 5) is 14.8. The van der Waals surface area contributed by atoms with E-state index in [1.54, 1.807) is 17.6 Å². The van der Waals surface area contributed by atoms with Gasteiger partial charge < -0.3 is 9.47 Å². The Labute approximate surface area is 145 Å². The van der Waals surface area contributed by atoms with E-state index < -0.39 is 0 Å². The van der Waals surface area contributed by atoms with Crippen LogP contribution in [0.1, 0.15) is 27.9 Å². The molecule has 5 nitrogen and oxygen atoms in total. The fourth-order valence-electron chi connectivity index (χ4n) is 3.72. The quantitative estimate of drug-likeness (QED) is 0.736. The average Bonchev–Trinajstić information content (AvgIpc) is 3.29. The maximum atomic E-state index is 13.4. The SMILES string of the molecule is Cc1cc(CC2CCN(C(=O)c3cnn4ccn(C)c34)C2)ccc1F. The summed E-state index contributed by atoms with van der Waals surface area (Å²) >= 11 is 0. The number of nitrogens with zero attached hydrogens (tertiary/aromatic N) is 4. The van der Waals surface area contributed by atoms with Gasteiger partial charge in [0.25, 0.3) is 5.91 Å². The van der Waals surface area contributed by atoms with Gasteiger partial charge in [0.2, 0.25) is 0 Å². The first-order valence-corrected chi connectivity index (χ1v) is 8.56. The van der Waals surface area contributed by atoms with Crippen molar-refractivity contribution in [3.05, 3.63) is 59.3 Å². The van der Waals surface area contributed by atoms with Gasteiger partial charge in [-0.2, -0.15) is 5.10 Å². The minimum absolute atomic E-state index is 0.0367. The lowest BCUT2D eigenvalue weighted by Crippen LogP contribution is -2.29. The molecule has 1 atom stereocenters. The summed E-state index contributed by atoms with van der Waals surface area (Å²) in [5.74, 6) is 0.280. The van der Waals surface area contributed by atoms with Crippen LogP contribution in [0.15, 0.2) is 36.8 Å². The lowest BCUT2D eigenvalue weighted by molar-refractivity contribution is 0.0788. The third-order valence-corrected chi connectivity index (χ3v) is 5.08. The number of benzene rings is 1. The molecule has 4 rings (SSSR count). The zero-order valence-electron chi connectivity index (χ0n) is 14.4. The molecule has 1 aromatic carbocycles. The fraction of sp³-hybridized carbons (Fsp3) is 0.368. The van der Waals surface area contributed by atoms with Crippen LogP contribution >= 0.6 is 0 Å². The molecule has 0 saturated carbocycles. The van der Waals surface area contributed by atoms with Gasteiger partial charge in [-0.3, -0.25) is 4.79 Å². The Balaban J connectivity index is 1.47. The van der Waals surface area contributed by atoms with Crippen LogP contribution in [-0.4, -0.2) is 38.1 Å². The highest BCUT2D eigenvalue weighted by Crippen LogP contribution is 2.24.